The Morgan fingerprint density at radius 3 is 2.86 bits per heavy atom. The topological polar surface area (TPSA) is 54.4 Å². The minimum Gasteiger partial charge on any atom is -0.378 e. The Kier molecular flexibility index (Phi) is 5.28. The predicted molar refractivity (Wildman–Crippen MR) is 113 cm³/mol. The zero-order valence-electron chi connectivity index (χ0n) is 16.3. The second kappa shape index (κ2) is 8.20. The Hall–Kier alpha value is -2.32. The van der Waals surface area contributed by atoms with E-state index in [1.807, 2.05) is 22.7 Å². The molecule has 2 saturated heterocycles. The van der Waals surface area contributed by atoms with Crippen molar-refractivity contribution in [3.8, 4) is 0 Å². The van der Waals surface area contributed by atoms with Crippen LogP contribution in [0.25, 0.3) is 10.9 Å². The first-order valence-electron chi connectivity index (χ1n) is 10.2. The summed E-state index contributed by atoms with van der Waals surface area (Å²) in [5, 5.41) is 0.792. The highest BCUT2D eigenvalue weighted by Gasteiger charge is 2.24. The van der Waals surface area contributed by atoms with Crippen LogP contribution in [0.15, 0.2) is 30.2 Å². The van der Waals surface area contributed by atoms with Crippen molar-refractivity contribution in [1.29, 1.82) is 0 Å². The standard InChI is InChI=1S/C21H24FN5OS/c22-18-9-17-19(10-20(18)26-4-6-28-7-5-26)24-13-25-21(17)27-3-1-2-15(12-27)8-16-11-23-14-29-16/h9-11,13-15H,1-8,12H2. The third-order valence-corrected chi connectivity index (χ3v) is 6.63. The van der Waals surface area contributed by atoms with Crippen LogP contribution in [-0.4, -0.2) is 54.3 Å². The van der Waals surface area contributed by atoms with E-state index in [2.05, 4.69) is 19.9 Å². The van der Waals surface area contributed by atoms with Gasteiger partial charge < -0.3 is 14.5 Å². The lowest BCUT2D eigenvalue weighted by Gasteiger charge is -2.34. The maximum absolute atomic E-state index is 15.0. The molecule has 0 aliphatic carbocycles. The lowest BCUT2D eigenvalue weighted by atomic mass is 9.94. The molecule has 8 heteroatoms. The molecule has 152 valence electrons. The monoisotopic (exact) mass is 413 g/mol. The van der Waals surface area contributed by atoms with Gasteiger partial charge in [0.05, 0.1) is 29.9 Å². The number of thiazole rings is 1. The van der Waals surface area contributed by atoms with Gasteiger partial charge in [-0.25, -0.2) is 14.4 Å². The Balaban J connectivity index is 1.43. The van der Waals surface area contributed by atoms with Gasteiger partial charge in [0.1, 0.15) is 18.0 Å². The zero-order chi connectivity index (χ0) is 19.6. The van der Waals surface area contributed by atoms with E-state index >= 15 is 4.39 Å². The van der Waals surface area contributed by atoms with Crippen LogP contribution < -0.4 is 9.80 Å². The molecular formula is C21H24FN5OS. The number of benzene rings is 1. The fourth-order valence-electron chi connectivity index (χ4n) is 4.40. The third kappa shape index (κ3) is 3.91. The molecule has 1 unspecified atom stereocenters. The van der Waals surface area contributed by atoms with E-state index in [1.165, 1.54) is 11.3 Å². The largest absolute Gasteiger partial charge is 0.378 e. The van der Waals surface area contributed by atoms with Gasteiger partial charge in [-0.2, -0.15) is 0 Å². The van der Waals surface area contributed by atoms with Gasteiger partial charge in [0.2, 0.25) is 0 Å². The Morgan fingerprint density at radius 1 is 1.14 bits per heavy atom. The summed E-state index contributed by atoms with van der Waals surface area (Å²) in [7, 11) is 0. The molecular weight excluding hydrogens is 389 g/mol. The second-order valence-corrected chi connectivity index (χ2v) is 8.71. The van der Waals surface area contributed by atoms with E-state index < -0.39 is 0 Å². The van der Waals surface area contributed by atoms with Gasteiger partial charge in [-0.3, -0.25) is 4.98 Å². The van der Waals surface area contributed by atoms with Gasteiger partial charge in [-0.1, -0.05) is 0 Å². The summed E-state index contributed by atoms with van der Waals surface area (Å²) < 4.78 is 20.4. The number of hydrogen-bond donors (Lipinski definition) is 0. The van der Waals surface area contributed by atoms with Gasteiger partial charge in [0.15, 0.2) is 0 Å². The summed E-state index contributed by atoms with van der Waals surface area (Å²) in [5.74, 6) is 1.19. The first-order chi connectivity index (χ1) is 14.3. The third-order valence-electron chi connectivity index (χ3n) is 5.83. The molecule has 3 aromatic rings. The van der Waals surface area contributed by atoms with Gasteiger partial charge in [-0.15, -0.1) is 11.3 Å². The van der Waals surface area contributed by atoms with Crippen LogP contribution in [-0.2, 0) is 11.2 Å². The number of ether oxygens (including phenoxy) is 1. The summed E-state index contributed by atoms with van der Waals surface area (Å²) in [5.41, 5.74) is 3.29. The molecule has 2 aliphatic heterocycles. The fraction of sp³-hybridized carbons (Fsp3) is 0.476. The number of morpholine rings is 1. The molecule has 1 atom stereocenters. The molecule has 0 spiro atoms. The number of anilines is 2. The van der Waals surface area contributed by atoms with E-state index in [9.17, 15) is 0 Å². The van der Waals surface area contributed by atoms with E-state index in [-0.39, 0.29) is 5.82 Å². The normalized spacial score (nSPS) is 20.4. The van der Waals surface area contributed by atoms with Crippen molar-refractivity contribution in [3.05, 3.63) is 40.9 Å². The van der Waals surface area contributed by atoms with Crippen molar-refractivity contribution < 1.29 is 9.13 Å². The quantitative estimate of drug-likeness (QED) is 0.652. The Labute approximate surface area is 173 Å². The summed E-state index contributed by atoms with van der Waals surface area (Å²) >= 11 is 1.71. The molecule has 29 heavy (non-hydrogen) atoms. The lowest BCUT2D eigenvalue weighted by molar-refractivity contribution is 0.122. The Bertz CT molecular complexity index is 977. The summed E-state index contributed by atoms with van der Waals surface area (Å²) in [6.45, 7) is 4.52. The van der Waals surface area contributed by atoms with E-state index in [0.29, 0.717) is 37.9 Å². The number of rotatable bonds is 4. The Morgan fingerprint density at radius 2 is 2.03 bits per heavy atom. The molecule has 4 heterocycles. The molecule has 5 rings (SSSR count). The molecule has 1 aromatic carbocycles. The molecule has 0 saturated carbocycles. The minimum absolute atomic E-state index is 0.214. The number of piperidine rings is 1. The summed E-state index contributed by atoms with van der Waals surface area (Å²) in [6, 6.07) is 3.47. The first-order valence-corrected chi connectivity index (χ1v) is 11.0. The van der Waals surface area contributed by atoms with Crippen molar-refractivity contribution in [2.75, 3.05) is 49.2 Å². The highest BCUT2D eigenvalue weighted by molar-refractivity contribution is 7.09. The van der Waals surface area contributed by atoms with Crippen molar-refractivity contribution in [3.63, 3.8) is 0 Å². The number of hydrogen-bond acceptors (Lipinski definition) is 7. The van der Waals surface area contributed by atoms with Crippen LogP contribution >= 0.6 is 11.3 Å². The first kappa shape index (κ1) is 18.7. The van der Waals surface area contributed by atoms with Crippen molar-refractivity contribution in [2.24, 2.45) is 5.92 Å². The molecule has 2 fully saturated rings. The highest BCUT2D eigenvalue weighted by atomic mass is 32.1. The average molecular weight is 414 g/mol. The summed E-state index contributed by atoms with van der Waals surface area (Å²) in [6.07, 6.45) is 6.92. The van der Waals surface area contributed by atoms with Crippen LogP contribution in [0.2, 0.25) is 0 Å². The van der Waals surface area contributed by atoms with E-state index in [4.69, 9.17) is 4.74 Å². The molecule has 0 bridgehead atoms. The minimum atomic E-state index is -0.214. The van der Waals surface area contributed by atoms with Gasteiger partial charge in [0.25, 0.3) is 0 Å². The SMILES string of the molecule is Fc1cc2c(N3CCCC(Cc4cncs4)C3)ncnc2cc1N1CCOCC1. The molecule has 2 aliphatic rings. The summed E-state index contributed by atoms with van der Waals surface area (Å²) in [4.78, 5) is 18.8. The van der Waals surface area contributed by atoms with Crippen molar-refractivity contribution >= 4 is 33.7 Å². The lowest BCUT2D eigenvalue weighted by Crippen LogP contribution is -2.37. The van der Waals surface area contributed by atoms with Crippen LogP contribution in [0.3, 0.4) is 0 Å². The van der Waals surface area contributed by atoms with Crippen LogP contribution in [0.4, 0.5) is 15.9 Å². The number of fused-ring (bicyclic) bond motifs is 1. The zero-order valence-corrected chi connectivity index (χ0v) is 17.1. The van der Waals surface area contributed by atoms with Crippen LogP contribution in [0, 0.1) is 11.7 Å². The molecule has 0 amide bonds. The maximum Gasteiger partial charge on any atom is 0.147 e. The number of nitrogens with zero attached hydrogens (tertiary/aromatic N) is 5. The van der Waals surface area contributed by atoms with Gasteiger partial charge >= 0.3 is 0 Å². The van der Waals surface area contributed by atoms with Crippen molar-refractivity contribution in [2.45, 2.75) is 19.3 Å². The molecule has 0 radical (unpaired) electrons. The fourth-order valence-corrected chi connectivity index (χ4v) is 5.11. The van der Waals surface area contributed by atoms with Gasteiger partial charge in [-0.05, 0) is 37.3 Å². The predicted octanol–water partition coefficient (Wildman–Crippen LogP) is 3.52. The second-order valence-electron chi connectivity index (χ2n) is 7.74. The van der Waals surface area contributed by atoms with Crippen molar-refractivity contribution in [1.82, 2.24) is 15.0 Å². The number of aromatic nitrogens is 3. The van der Waals surface area contributed by atoms with E-state index in [0.717, 1.165) is 42.7 Å². The van der Waals surface area contributed by atoms with Crippen LogP contribution in [0.5, 0.6) is 0 Å². The number of halogens is 1. The van der Waals surface area contributed by atoms with E-state index in [1.54, 1.807) is 23.7 Å². The van der Waals surface area contributed by atoms with Crippen LogP contribution in [0.1, 0.15) is 17.7 Å². The smallest absolute Gasteiger partial charge is 0.147 e. The molecule has 6 nitrogen and oxygen atoms in total. The maximum atomic E-state index is 15.0. The average Bonchev–Trinajstić information content (AvgIpc) is 3.27. The molecule has 2 aromatic heterocycles. The molecule has 0 N–H and O–H groups in total. The van der Waals surface area contributed by atoms with Gasteiger partial charge in [0, 0.05) is 42.6 Å². The highest BCUT2D eigenvalue weighted by Crippen LogP contribution is 2.33.